The number of ether oxygens (including phenoxy) is 2. The van der Waals surface area contributed by atoms with Crippen LogP contribution < -0.4 is 14.2 Å². The summed E-state index contributed by atoms with van der Waals surface area (Å²) in [5.74, 6) is 4.08. The minimum Gasteiger partial charge on any atom is -0.454 e. The van der Waals surface area contributed by atoms with Crippen molar-refractivity contribution in [3.8, 4) is 11.5 Å². The van der Waals surface area contributed by atoms with Crippen LogP contribution in [0.5, 0.6) is 11.5 Å². The van der Waals surface area contributed by atoms with E-state index >= 15 is 0 Å². The lowest BCUT2D eigenvalue weighted by atomic mass is 9.97. The standard InChI is InChI=1S/C21H25NO4S3/c1-15-3-6-17(7-4-15)29(23,24)22-10-9-18(21-27-11-2-12-28-21)16-5-8-19-20(13-16)26-14-25-19/h3-8,13,18,21-22H,2,9-12,14H2,1H3/t18-/m0/s1. The molecule has 0 bridgehead atoms. The molecule has 2 aromatic rings. The van der Waals surface area contributed by atoms with E-state index < -0.39 is 10.0 Å². The zero-order valence-electron chi connectivity index (χ0n) is 16.3. The number of rotatable bonds is 7. The minimum absolute atomic E-state index is 0.237. The maximum Gasteiger partial charge on any atom is 0.240 e. The molecule has 2 aromatic carbocycles. The summed E-state index contributed by atoms with van der Waals surface area (Å²) in [6.07, 6.45) is 1.95. The molecule has 1 atom stereocenters. The maximum absolute atomic E-state index is 12.6. The van der Waals surface area contributed by atoms with E-state index in [0.717, 1.165) is 35.0 Å². The Morgan fingerprint density at radius 2 is 1.79 bits per heavy atom. The summed E-state index contributed by atoms with van der Waals surface area (Å²) in [4.78, 5) is 0.309. The first-order chi connectivity index (χ1) is 14.0. The molecule has 156 valence electrons. The van der Waals surface area contributed by atoms with Crippen molar-refractivity contribution < 1.29 is 17.9 Å². The number of sulfonamides is 1. The van der Waals surface area contributed by atoms with E-state index in [4.69, 9.17) is 9.47 Å². The predicted molar refractivity (Wildman–Crippen MR) is 120 cm³/mol. The highest BCUT2D eigenvalue weighted by atomic mass is 32.2. The van der Waals surface area contributed by atoms with Crippen LogP contribution in [0.15, 0.2) is 47.4 Å². The van der Waals surface area contributed by atoms with Crippen LogP contribution in [0.2, 0.25) is 0 Å². The van der Waals surface area contributed by atoms with E-state index in [-0.39, 0.29) is 12.7 Å². The summed E-state index contributed by atoms with van der Waals surface area (Å²) in [5, 5.41) is 0. The van der Waals surface area contributed by atoms with Gasteiger partial charge in [-0.05, 0) is 61.1 Å². The quantitative estimate of drug-likeness (QED) is 0.674. The van der Waals surface area contributed by atoms with Crippen molar-refractivity contribution in [2.45, 2.75) is 35.2 Å². The molecule has 1 N–H and O–H groups in total. The smallest absolute Gasteiger partial charge is 0.240 e. The summed E-state index contributed by atoms with van der Waals surface area (Å²) < 4.78 is 39.5. The Kier molecular flexibility index (Phi) is 6.63. The molecular weight excluding hydrogens is 426 g/mol. The molecule has 2 heterocycles. The zero-order valence-corrected chi connectivity index (χ0v) is 18.7. The molecule has 8 heteroatoms. The van der Waals surface area contributed by atoms with E-state index in [1.165, 1.54) is 12.0 Å². The third-order valence-electron chi connectivity index (χ3n) is 5.08. The molecule has 2 aliphatic rings. The van der Waals surface area contributed by atoms with Crippen LogP contribution in [0, 0.1) is 6.92 Å². The third kappa shape index (κ3) is 5.05. The maximum atomic E-state index is 12.6. The monoisotopic (exact) mass is 451 g/mol. The normalized spacial score (nSPS) is 18.0. The Bertz CT molecular complexity index is 941. The second kappa shape index (κ2) is 9.20. The SMILES string of the molecule is Cc1ccc(S(=O)(=O)NCC[C@@H](c2ccc3c(c2)OCO3)C2SCCCS2)cc1. The van der Waals surface area contributed by atoms with Gasteiger partial charge in [-0.15, -0.1) is 23.5 Å². The van der Waals surface area contributed by atoms with Gasteiger partial charge in [0.25, 0.3) is 0 Å². The third-order valence-corrected chi connectivity index (χ3v) is 9.74. The highest BCUT2D eigenvalue weighted by molar-refractivity contribution is 8.17. The Morgan fingerprint density at radius 1 is 1.07 bits per heavy atom. The largest absolute Gasteiger partial charge is 0.454 e. The van der Waals surface area contributed by atoms with Gasteiger partial charge in [0.05, 0.1) is 9.48 Å². The Morgan fingerprint density at radius 3 is 2.55 bits per heavy atom. The molecule has 4 rings (SSSR count). The molecule has 0 aromatic heterocycles. The molecule has 0 aliphatic carbocycles. The summed E-state index contributed by atoms with van der Waals surface area (Å²) >= 11 is 3.94. The lowest BCUT2D eigenvalue weighted by molar-refractivity contribution is 0.174. The van der Waals surface area contributed by atoms with Gasteiger partial charge in [-0.2, -0.15) is 0 Å². The fraction of sp³-hybridized carbons (Fsp3) is 0.429. The summed E-state index contributed by atoms with van der Waals surface area (Å²) in [6, 6.07) is 13.0. The number of hydrogen-bond acceptors (Lipinski definition) is 6. The number of nitrogens with one attached hydrogen (secondary N) is 1. The van der Waals surface area contributed by atoms with Crippen molar-refractivity contribution in [3.05, 3.63) is 53.6 Å². The van der Waals surface area contributed by atoms with Gasteiger partial charge < -0.3 is 9.47 Å². The molecular formula is C21H25NO4S3. The molecule has 0 saturated carbocycles. The minimum atomic E-state index is -3.50. The first kappa shape index (κ1) is 20.9. The number of fused-ring (bicyclic) bond motifs is 1. The van der Waals surface area contributed by atoms with Crippen molar-refractivity contribution in [2.24, 2.45) is 0 Å². The van der Waals surface area contributed by atoms with Crippen LogP contribution in [0.1, 0.15) is 29.9 Å². The average Bonchev–Trinajstić information content (AvgIpc) is 3.20. The number of aryl methyl sites for hydroxylation is 1. The second-order valence-corrected chi connectivity index (χ2v) is 11.7. The highest BCUT2D eigenvalue weighted by Gasteiger charge is 2.28. The molecule has 0 radical (unpaired) electrons. The molecule has 29 heavy (non-hydrogen) atoms. The van der Waals surface area contributed by atoms with Gasteiger partial charge in [-0.1, -0.05) is 23.8 Å². The Labute approximate surface area is 181 Å². The second-order valence-electron chi connectivity index (χ2n) is 7.18. The molecule has 5 nitrogen and oxygen atoms in total. The van der Waals surface area contributed by atoms with Crippen LogP contribution in [-0.2, 0) is 10.0 Å². The van der Waals surface area contributed by atoms with E-state index in [1.807, 2.05) is 48.6 Å². The molecule has 0 spiro atoms. The molecule has 1 fully saturated rings. The first-order valence-corrected chi connectivity index (χ1v) is 13.3. The van der Waals surface area contributed by atoms with Crippen LogP contribution in [0.25, 0.3) is 0 Å². The first-order valence-electron chi connectivity index (χ1n) is 9.72. The van der Waals surface area contributed by atoms with Gasteiger partial charge in [0.15, 0.2) is 11.5 Å². The summed E-state index contributed by atoms with van der Waals surface area (Å²) in [6.45, 7) is 2.60. The van der Waals surface area contributed by atoms with Crippen LogP contribution in [0.4, 0.5) is 0 Å². The van der Waals surface area contributed by atoms with Gasteiger partial charge >= 0.3 is 0 Å². The summed E-state index contributed by atoms with van der Waals surface area (Å²) in [5.41, 5.74) is 2.22. The number of thioether (sulfide) groups is 2. The fourth-order valence-electron chi connectivity index (χ4n) is 3.49. The molecule has 2 aliphatic heterocycles. The van der Waals surface area contributed by atoms with E-state index in [9.17, 15) is 8.42 Å². The Balaban J connectivity index is 1.47. The van der Waals surface area contributed by atoms with E-state index in [1.54, 1.807) is 12.1 Å². The average molecular weight is 452 g/mol. The van der Waals surface area contributed by atoms with Crippen molar-refractivity contribution in [3.63, 3.8) is 0 Å². The van der Waals surface area contributed by atoms with Gasteiger partial charge in [0.1, 0.15) is 0 Å². The predicted octanol–water partition coefficient (Wildman–Crippen LogP) is 4.37. The van der Waals surface area contributed by atoms with Crippen LogP contribution >= 0.6 is 23.5 Å². The molecule has 1 saturated heterocycles. The zero-order chi connectivity index (χ0) is 20.3. The number of benzene rings is 2. The van der Waals surface area contributed by atoms with E-state index in [0.29, 0.717) is 16.0 Å². The molecule has 0 amide bonds. The lowest BCUT2D eigenvalue weighted by Crippen LogP contribution is -2.28. The summed E-state index contributed by atoms with van der Waals surface area (Å²) in [7, 11) is -3.50. The van der Waals surface area contributed by atoms with Crippen LogP contribution in [0.3, 0.4) is 0 Å². The van der Waals surface area contributed by atoms with Crippen molar-refractivity contribution in [2.75, 3.05) is 24.8 Å². The van der Waals surface area contributed by atoms with Crippen LogP contribution in [-0.4, -0.2) is 37.8 Å². The molecule has 0 unspecified atom stereocenters. The number of hydrogen-bond donors (Lipinski definition) is 1. The van der Waals surface area contributed by atoms with Gasteiger partial charge in [-0.25, -0.2) is 13.1 Å². The van der Waals surface area contributed by atoms with Crippen molar-refractivity contribution in [1.29, 1.82) is 0 Å². The fourth-order valence-corrected chi connectivity index (χ4v) is 7.82. The Hall–Kier alpha value is -1.35. The lowest BCUT2D eigenvalue weighted by Gasteiger charge is -2.30. The van der Waals surface area contributed by atoms with E-state index in [2.05, 4.69) is 16.9 Å². The topological polar surface area (TPSA) is 64.6 Å². The van der Waals surface area contributed by atoms with Crippen molar-refractivity contribution >= 4 is 33.5 Å². The van der Waals surface area contributed by atoms with Gasteiger partial charge in [0.2, 0.25) is 16.8 Å². The van der Waals surface area contributed by atoms with Gasteiger partial charge in [0, 0.05) is 12.5 Å². The highest BCUT2D eigenvalue weighted by Crippen LogP contribution is 2.44. The van der Waals surface area contributed by atoms with Crippen molar-refractivity contribution in [1.82, 2.24) is 4.72 Å². The van der Waals surface area contributed by atoms with Gasteiger partial charge in [-0.3, -0.25) is 0 Å².